The molecule has 9 nitrogen and oxygen atoms in total. The van der Waals surface area contributed by atoms with Crippen molar-refractivity contribution in [1.29, 1.82) is 0 Å². The maximum Gasteiger partial charge on any atom is 0.352 e. The van der Waals surface area contributed by atoms with Gasteiger partial charge in [-0.15, -0.1) is 0 Å². The Morgan fingerprint density at radius 2 is 1.49 bits per heavy atom. The molecule has 4 aromatic carbocycles. The molecule has 0 aliphatic heterocycles. The van der Waals surface area contributed by atoms with Crippen LogP contribution in [0.3, 0.4) is 0 Å². The van der Waals surface area contributed by atoms with Crippen LogP contribution in [0.1, 0.15) is 68.2 Å². The van der Waals surface area contributed by atoms with Gasteiger partial charge in [-0.25, -0.2) is 9.18 Å². The molecule has 1 heterocycles. The normalized spacial score (nSPS) is 12.9. The first-order chi connectivity index (χ1) is 25.2. The highest BCUT2D eigenvalue weighted by molar-refractivity contribution is 6.30. The number of ether oxygens (including phenoxy) is 3. The van der Waals surface area contributed by atoms with Gasteiger partial charge in [0, 0.05) is 50.8 Å². The van der Waals surface area contributed by atoms with E-state index in [-0.39, 0.29) is 24.1 Å². The molecule has 0 unspecified atom stereocenters. The first-order valence-electron chi connectivity index (χ1n) is 17.1. The van der Waals surface area contributed by atoms with Gasteiger partial charge in [0.2, 0.25) is 6.79 Å². The van der Waals surface area contributed by atoms with Crippen LogP contribution >= 0.6 is 11.6 Å². The maximum absolute atomic E-state index is 13.8. The zero-order chi connectivity index (χ0) is 38.3. The zero-order valence-electron chi connectivity index (χ0n) is 29.8. The van der Waals surface area contributed by atoms with Crippen LogP contribution in [0.25, 0.3) is 28.1 Å². The van der Waals surface area contributed by atoms with Gasteiger partial charge in [-0.2, -0.15) is 0 Å². The summed E-state index contributed by atoms with van der Waals surface area (Å²) in [6.45, 7) is 6.34. The van der Waals surface area contributed by atoms with Gasteiger partial charge >= 0.3 is 11.9 Å². The van der Waals surface area contributed by atoms with Crippen molar-refractivity contribution in [1.82, 2.24) is 4.57 Å². The summed E-state index contributed by atoms with van der Waals surface area (Å²) in [5, 5.41) is 22.8. The largest absolute Gasteiger partial charge is 0.476 e. The van der Waals surface area contributed by atoms with Crippen LogP contribution < -0.4 is 4.74 Å². The van der Waals surface area contributed by atoms with E-state index in [1.807, 2.05) is 38.1 Å². The summed E-state index contributed by atoms with van der Waals surface area (Å²) in [5.74, 6) is -1.88. The highest BCUT2D eigenvalue weighted by Gasteiger charge is 2.32. The van der Waals surface area contributed by atoms with Crippen LogP contribution in [-0.4, -0.2) is 57.1 Å². The molecule has 0 aliphatic carbocycles. The van der Waals surface area contributed by atoms with Crippen molar-refractivity contribution in [3.63, 3.8) is 0 Å². The number of aromatic nitrogens is 1. The SMILES string of the molecule is CC(C)n1c(/C=C/[C@H](O)C[C@H](O)CC(=O)OCOC(=O)C(C)(C)Oc2ccc(C(=O)c3ccc(Cl)cc3)cc2)c(-c2ccc(F)cc2)c2ccccc21. The fourth-order valence-electron chi connectivity index (χ4n) is 5.92. The van der Waals surface area contributed by atoms with Gasteiger partial charge in [0.1, 0.15) is 11.6 Å². The maximum atomic E-state index is 13.8. The Balaban J connectivity index is 1.12. The number of aliphatic hydroxyl groups is 2. The number of hydrogen-bond acceptors (Lipinski definition) is 8. The molecule has 0 saturated heterocycles. The third-order valence-corrected chi connectivity index (χ3v) is 8.74. The lowest BCUT2D eigenvalue weighted by Gasteiger charge is -2.24. The van der Waals surface area contributed by atoms with Crippen LogP contribution in [0.2, 0.25) is 5.02 Å². The summed E-state index contributed by atoms with van der Waals surface area (Å²) in [7, 11) is 0. The number of carbonyl (C=O) groups excluding carboxylic acids is 3. The fraction of sp³-hybridized carbons (Fsp3) is 0.262. The summed E-state index contributed by atoms with van der Waals surface area (Å²) in [4.78, 5) is 37.9. The molecule has 5 rings (SSSR count). The quantitative estimate of drug-likeness (QED) is 0.0624. The lowest BCUT2D eigenvalue weighted by molar-refractivity contribution is -0.178. The van der Waals surface area contributed by atoms with Crippen molar-refractivity contribution >= 4 is 46.3 Å². The minimum absolute atomic E-state index is 0.0577. The van der Waals surface area contributed by atoms with E-state index in [9.17, 15) is 29.0 Å². The zero-order valence-corrected chi connectivity index (χ0v) is 30.5. The van der Waals surface area contributed by atoms with Gasteiger partial charge in [0.05, 0.1) is 18.6 Å². The molecule has 2 atom stereocenters. The number of carbonyl (C=O) groups is 3. The van der Waals surface area contributed by atoms with E-state index >= 15 is 0 Å². The van der Waals surface area contributed by atoms with Gasteiger partial charge in [-0.1, -0.05) is 48.0 Å². The second-order valence-corrected chi connectivity index (χ2v) is 13.7. The number of nitrogens with zero attached hydrogens (tertiary/aromatic N) is 1. The van der Waals surface area contributed by atoms with Crippen molar-refractivity contribution in [2.24, 2.45) is 0 Å². The van der Waals surface area contributed by atoms with E-state index in [0.717, 1.165) is 27.7 Å². The summed E-state index contributed by atoms with van der Waals surface area (Å²) in [6.07, 6.45) is 0.342. The average Bonchev–Trinajstić information content (AvgIpc) is 3.45. The molecular formula is C42H41ClFNO8. The van der Waals surface area contributed by atoms with Gasteiger partial charge < -0.3 is 29.0 Å². The van der Waals surface area contributed by atoms with Crippen molar-refractivity contribution in [2.45, 2.75) is 64.4 Å². The second-order valence-electron chi connectivity index (χ2n) is 13.3. The Kier molecular flexibility index (Phi) is 12.5. The van der Waals surface area contributed by atoms with Crippen LogP contribution in [0.15, 0.2) is 103 Å². The van der Waals surface area contributed by atoms with Crippen molar-refractivity contribution < 1.29 is 43.2 Å². The molecule has 2 N–H and O–H groups in total. The Morgan fingerprint density at radius 1 is 0.868 bits per heavy atom. The predicted octanol–water partition coefficient (Wildman–Crippen LogP) is 8.33. The number of ketones is 1. The molecule has 0 radical (unpaired) electrons. The Bertz CT molecular complexity index is 2090. The summed E-state index contributed by atoms with van der Waals surface area (Å²) in [5.41, 5.74) is 2.90. The number of halogens is 2. The highest BCUT2D eigenvalue weighted by Crippen LogP contribution is 2.38. The third-order valence-electron chi connectivity index (χ3n) is 8.49. The van der Waals surface area contributed by atoms with Crippen molar-refractivity contribution in [2.75, 3.05) is 6.79 Å². The number of hydrogen-bond donors (Lipinski definition) is 2. The molecule has 0 bridgehead atoms. The van der Waals surface area contributed by atoms with Gasteiger partial charge in [0.25, 0.3) is 0 Å². The molecule has 0 saturated carbocycles. The van der Waals surface area contributed by atoms with E-state index < -0.39 is 43.0 Å². The highest BCUT2D eigenvalue weighted by atomic mass is 35.5. The van der Waals surface area contributed by atoms with Gasteiger partial charge in [-0.05, 0) is 106 Å². The minimum atomic E-state index is -1.47. The van der Waals surface area contributed by atoms with Gasteiger partial charge in [-0.3, -0.25) is 9.59 Å². The number of aliphatic hydroxyl groups excluding tert-OH is 2. The third kappa shape index (κ3) is 9.78. The standard InChI is InChI=1S/C42H41ClFNO8/c1-26(2)45-36-8-6-5-7-35(36)39(27-11-17-31(44)18-12-27)37(45)22-19-32(46)23-33(47)24-38(48)51-25-52-41(50)42(3,4)53-34-20-13-29(14-21-34)40(49)28-9-15-30(43)16-10-28/h5-22,26,32-33,46-47H,23-25H2,1-4H3/b22-19+/t32-,33-/m0/s1. The number of rotatable bonds is 15. The van der Waals surface area contributed by atoms with Crippen molar-refractivity contribution in [3.05, 3.63) is 131 Å². The van der Waals surface area contributed by atoms with Gasteiger partial charge in [0.15, 0.2) is 11.4 Å². The van der Waals surface area contributed by atoms with E-state index in [1.165, 1.54) is 26.0 Å². The summed E-state index contributed by atoms with van der Waals surface area (Å²) >= 11 is 5.90. The lowest BCUT2D eigenvalue weighted by Crippen LogP contribution is -2.40. The summed E-state index contributed by atoms with van der Waals surface area (Å²) < 4.78 is 31.8. The first kappa shape index (κ1) is 38.9. The molecular weight excluding hydrogens is 701 g/mol. The molecule has 5 aromatic rings. The number of benzene rings is 4. The van der Waals surface area contributed by atoms with E-state index in [0.29, 0.717) is 21.9 Å². The molecule has 11 heteroatoms. The summed E-state index contributed by atoms with van der Waals surface area (Å²) in [6, 6.07) is 26.9. The van der Waals surface area contributed by atoms with E-state index in [4.69, 9.17) is 25.8 Å². The molecule has 0 amide bonds. The van der Waals surface area contributed by atoms with E-state index in [2.05, 4.69) is 4.57 Å². The average molecular weight is 742 g/mol. The second kappa shape index (κ2) is 17.0. The molecule has 276 valence electrons. The number of fused-ring (bicyclic) bond motifs is 1. The molecule has 1 aromatic heterocycles. The van der Waals surface area contributed by atoms with Crippen LogP contribution in [-0.2, 0) is 19.1 Å². The Labute approximate surface area is 312 Å². The minimum Gasteiger partial charge on any atom is -0.476 e. The lowest BCUT2D eigenvalue weighted by atomic mass is 10.0. The Hall–Kier alpha value is -5.29. The number of esters is 2. The predicted molar refractivity (Wildman–Crippen MR) is 201 cm³/mol. The number of para-hydroxylation sites is 1. The molecule has 0 aliphatic rings. The molecule has 0 fully saturated rings. The Morgan fingerprint density at radius 3 is 2.13 bits per heavy atom. The molecule has 53 heavy (non-hydrogen) atoms. The van der Waals surface area contributed by atoms with Crippen LogP contribution in [0, 0.1) is 5.82 Å². The fourth-order valence-corrected chi connectivity index (χ4v) is 6.04. The van der Waals surface area contributed by atoms with E-state index in [1.54, 1.807) is 72.8 Å². The first-order valence-corrected chi connectivity index (χ1v) is 17.5. The van der Waals surface area contributed by atoms with Crippen LogP contribution in [0.5, 0.6) is 5.75 Å². The molecule has 0 spiro atoms. The smallest absolute Gasteiger partial charge is 0.352 e. The van der Waals surface area contributed by atoms with Crippen LogP contribution in [0.4, 0.5) is 4.39 Å². The monoisotopic (exact) mass is 741 g/mol. The topological polar surface area (TPSA) is 124 Å². The van der Waals surface area contributed by atoms with Crippen molar-refractivity contribution in [3.8, 4) is 16.9 Å².